The zero-order valence-electron chi connectivity index (χ0n) is 9.64. The highest BCUT2D eigenvalue weighted by molar-refractivity contribution is 7.15. The van der Waals surface area contributed by atoms with Crippen LogP contribution in [0.4, 0.5) is 0 Å². The summed E-state index contributed by atoms with van der Waals surface area (Å²) in [7, 11) is 0. The molecule has 0 atom stereocenters. The number of thiazole rings is 1. The van der Waals surface area contributed by atoms with Gasteiger partial charge >= 0.3 is 5.97 Å². The van der Waals surface area contributed by atoms with Gasteiger partial charge in [0, 0.05) is 22.8 Å². The van der Waals surface area contributed by atoms with Gasteiger partial charge in [-0.15, -0.1) is 11.3 Å². The van der Waals surface area contributed by atoms with Crippen molar-refractivity contribution in [1.29, 1.82) is 0 Å². The lowest BCUT2D eigenvalue weighted by atomic mass is 10.3. The molecule has 0 saturated heterocycles. The molecule has 88 valence electrons. The van der Waals surface area contributed by atoms with E-state index < -0.39 is 0 Å². The minimum absolute atomic E-state index is 0.360. The van der Waals surface area contributed by atoms with Gasteiger partial charge in [-0.2, -0.15) is 0 Å². The fourth-order valence-electron chi connectivity index (χ4n) is 1.40. The van der Waals surface area contributed by atoms with Gasteiger partial charge in [-0.25, -0.2) is 9.78 Å². The van der Waals surface area contributed by atoms with Crippen LogP contribution in [0.25, 0.3) is 10.6 Å². The van der Waals surface area contributed by atoms with Crippen LogP contribution in [-0.4, -0.2) is 22.5 Å². The highest BCUT2D eigenvalue weighted by Crippen LogP contribution is 2.27. The number of hydrogen-bond acceptors (Lipinski definition) is 5. The number of ether oxygens (including phenoxy) is 1. The number of esters is 1. The van der Waals surface area contributed by atoms with Crippen LogP contribution in [0.2, 0.25) is 0 Å². The zero-order valence-corrected chi connectivity index (χ0v) is 10.5. The topological polar surface area (TPSA) is 52.1 Å². The second kappa shape index (κ2) is 5.05. The minimum Gasteiger partial charge on any atom is -0.461 e. The molecule has 0 fully saturated rings. The number of pyridine rings is 1. The Bertz CT molecular complexity index is 523. The van der Waals surface area contributed by atoms with Gasteiger partial charge in [0.2, 0.25) is 0 Å². The standard InChI is InChI=1S/C12H12N2O2S/c1-3-16-12(15)10-8(2)17-11(14-10)9-4-6-13-7-5-9/h4-7H,3H2,1-2H3. The molecule has 0 aliphatic heterocycles. The van der Waals surface area contributed by atoms with Crippen molar-refractivity contribution in [2.24, 2.45) is 0 Å². The van der Waals surface area contributed by atoms with E-state index in [2.05, 4.69) is 9.97 Å². The molecular weight excluding hydrogens is 236 g/mol. The number of hydrogen-bond donors (Lipinski definition) is 0. The summed E-state index contributed by atoms with van der Waals surface area (Å²) in [6, 6.07) is 3.74. The molecule has 0 amide bonds. The van der Waals surface area contributed by atoms with Gasteiger partial charge in [-0.1, -0.05) is 0 Å². The number of rotatable bonds is 3. The fraction of sp³-hybridized carbons (Fsp3) is 0.250. The van der Waals surface area contributed by atoms with Gasteiger partial charge in [0.15, 0.2) is 5.69 Å². The first-order chi connectivity index (χ1) is 8.22. The maximum Gasteiger partial charge on any atom is 0.358 e. The third-order valence-corrected chi connectivity index (χ3v) is 3.21. The molecule has 2 aromatic heterocycles. The van der Waals surface area contributed by atoms with E-state index in [1.165, 1.54) is 11.3 Å². The van der Waals surface area contributed by atoms with E-state index in [9.17, 15) is 4.79 Å². The smallest absolute Gasteiger partial charge is 0.358 e. The summed E-state index contributed by atoms with van der Waals surface area (Å²) in [5, 5.41) is 0.813. The van der Waals surface area contributed by atoms with Crippen molar-refractivity contribution in [3.63, 3.8) is 0 Å². The number of aryl methyl sites for hydroxylation is 1. The van der Waals surface area contributed by atoms with Crippen molar-refractivity contribution in [2.75, 3.05) is 6.61 Å². The predicted octanol–water partition coefficient (Wildman–Crippen LogP) is 2.69. The molecule has 0 aliphatic rings. The third-order valence-electron chi connectivity index (χ3n) is 2.19. The molecule has 0 saturated carbocycles. The summed E-state index contributed by atoms with van der Waals surface area (Å²) in [6.45, 7) is 4.01. The first-order valence-electron chi connectivity index (χ1n) is 5.27. The van der Waals surface area contributed by atoms with Crippen LogP contribution in [0, 0.1) is 6.92 Å². The summed E-state index contributed by atoms with van der Waals surface area (Å²) in [5.41, 5.74) is 1.37. The van der Waals surface area contributed by atoms with Crippen LogP contribution in [0.15, 0.2) is 24.5 Å². The van der Waals surface area contributed by atoms with Crippen LogP contribution in [0.3, 0.4) is 0 Å². The Morgan fingerprint density at radius 2 is 2.12 bits per heavy atom. The third kappa shape index (κ3) is 2.50. The van der Waals surface area contributed by atoms with Crippen molar-refractivity contribution >= 4 is 17.3 Å². The monoisotopic (exact) mass is 248 g/mol. The lowest BCUT2D eigenvalue weighted by Gasteiger charge is -1.97. The number of nitrogens with zero attached hydrogens (tertiary/aromatic N) is 2. The van der Waals surface area contributed by atoms with Crippen LogP contribution in [0.5, 0.6) is 0 Å². The molecule has 5 heteroatoms. The Morgan fingerprint density at radius 1 is 1.41 bits per heavy atom. The molecule has 0 unspecified atom stereocenters. The minimum atomic E-state index is -0.360. The van der Waals surface area contributed by atoms with E-state index in [-0.39, 0.29) is 5.97 Å². The Morgan fingerprint density at radius 3 is 2.76 bits per heavy atom. The van der Waals surface area contributed by atoms with Gasteiger partial charge in [0.25, 0.3) is 0 Å². The van der Waals surface area contributed by atoms with E-state index in [1.807, 2.05) is 19.1 Å². The molecule has 0 aliphatic carbocycles. The summed E-state index contributed by atoms with van der Waals surface area (Å²) in [4.78, 5) is 20.8. The maximum atomic E-state index is 11.6. The van der Waals surface area contributed by atoms with Crippen molar-refractivity contribution in [3.05, 3.63) is 35.1 Å². The van der Waals surface area contributed by atoms with Crippen molar-refractivity contribution in [1.82, 2.24) is 9.97 Å². The molecular formula is C12H12N2O2S. The summed E-state index contributed by atoms with van der Waals surface area (Å²) in [6.07, 6.45) is 3.41. The average molecular weight is 248 g/mol. The quantitative estimate of drug-likeness (QED) is 0.784. The van der Waals surface area contributed by atoms with E-state index >= 15 is 0 Å². The molecule has 0 aromatic carbocycles. The highest BCUT2D eigenvalue weighted by Gasteiger charge is 2.16. The Labute approximate surface area is 103 Å². The van der Waals surface area contributed by atoms with Gasteiger partial charge < -0.3 is 4.74 Å². The molecule has 0 spiro atoms. The van der Waals surface area contributed by atoms with E-state index in [4.69, 9.17) is 4.74 Å². The molecule has 2 rings (SSSR count). The predicted molar refractivity (Wildman–Crippen MR) is 66.0 cm³/mol. The number of aromatic nitrogens is 2. The van der Waals surface area contributed by atoms with Crippen molar-refractivity contribution < 1.29 is 9.53 Å². The SMILES string of the molecule is CCOC(=O)c1nc(-c2ccncc2)sc1C. The van der Waals surface area contributed by atoms with Crippen LogP contribution >= 0.6 is 11.3 Å². The van der Waals surface area contributed by atoms with E-state index in [1.54, 1.807) is 19.3 Å². The van der Waals surface area contributed by atoms with E-state index in [0.29, 0.717) is 12.3 Å². The molecule has 2 heterocycles. The Balaban J connectivity index is 2.34. The van der Waals surface area contributed by atoms with Gasteiger partial charge in [-0.05, 0) is 26.0 Å². The molecule has 0 N–H and O–H groups in total. The number of carbonyl (C=O) groups is 1. The van der Waals surface area contributed by atoms with Crippen LogP contribution in [-0.2, 0) is 4.74 Å². The molecule has 17 heavy (non-hydrogen) atoms. The van der Waals surface area contributed by atoms with Crippen molar-refractivity contribution in [3.8, 4) is 10.6 Å². The summed E-state index contributed by atoms with van der Waals surface area (Å²) < 4.78 is 4.95. The zero-order chi connectivity index (χ0) is 12.3. The molecule has 2 aromatic rings. The Kier molecular flexibility index (Phi) is 3.49. The fourth-order valence-corrected chi connectivity index (χ4v) is 2.31. The second-order valence-electron chi connectivity index (χ2n) is 3.38. The molecule has 4 nitrogen and oxygen atoms in total. The van der Waals surface area contributed by atoms with E-state index in [0.717, 1.165) is 15.4 Å². The first-order valence-corrected chi connectivity index (χ1v) is 6.09. The van der Waals surface area contributed by atoms with Gasteiger partial charge in [0.05, 0.1) is 6.61 Å². The largest absolute Gasteiger partial charge is 0.461 e. The average Bonchev–Trinajstić information content (AvgIpc) is 2.73. The number of carbonyl (C=O) groups excluding carboxylic acids is 1. The molecule has 0 radical (unpaired) electrons. The summed E-state index contributed by atoms with van der Waals surface area (Å²) in [5.74, 6) is -0.360. The lowest BCUT2D eigenvalue weighted by molar-refractivity contribution is 0.0519. The van der Waals surface area contributed by atoms with Crippen molar-refractivity contribution in [2.45, 2.75) is 13.8 Å². The maximum absolute atomic E-state index is 11.6. The lowest BCUT2D eigenvalue weighted by Crippen LogP contribution is -2.06. The molecule has 0 bridgehead atoms. The normalized spacial score (nSPS) is 10.2. The van der Waals surface area contributed by atoms with Crippen LogP contribution < -0.4 is 0 Å². The summed E-state index contributed by atoms with van der Waals surface area (Å²) >= 11 is 1.48. The van der Waals surface area contributed by atoms with Gasteiger partial charge in [-0.3, -0.25) is 4.98 Å². The van der Waals surface area contributed by atoms with Gasteiger partial charge in [0.1, 0.15) is 5.01 Å². The first kappa shape index (κ1) is 11.7. The Hall–Kier alpha value is -1.75. The van der Waals surface area contributed by atoms with Crippen LogP contribution in [0.1, 0.15) is 22.3 Å². The highest BCUT2D eigenvalue weighted by atomic mass is 32.1. The second-order valence-corrected chi connectivity index (χ2v) is 4.58.